The first kappa shape index (κ1) is 12.8. The number of carbonyl (C=O) groups is 1. The minimum Gasteiger partial charge on any atom is -0.333 e. The van der Waals surface area contributed by atoms with Crippen LogP contribution < -0.4 is 10.6 Å². The summed E-state index contributed by atoms with van der Waals surface area (Å²) in [7, 11) is 0. The predicted octanol–water partition coefficient (Wildman–Crippen LogP) is 1.81. The topological polar surface area (TPSA) is 54.0 Å². The summed E-state index contributed by atoms with van der Waals surface area (Å²) >= 11 is 1.34. The Morgan fingerprint density at radius 2 is 2.19 bits per heavy atom. The minimum absolute atomic E-state index is 0.181. The highest BCUT2D eigenvalue weighted by atomic mass is 32.1. The van der Waals surface area contributed by atoms with Crippen molar-refractivity contribution in [3.05, 3.63) is 16.1 Å². The summed E-state index contributed by atoms with van der Waals surface area (Å²) < 4.78 is 35.2. The van der Waals surface area contributed by atoms with E-state index in [2.05, 4.69) is 10.3 Å². The number of aryl methyl sites for hydroxylation is 1. The molecule has 4 nitrogen and oxygen atoms in total. The molecule has 1 aromatic rings. The molecule has 2 amide bonds. The van der Waals surface area contributed by atoms with Gasteiger partial charge in [-0.1, -0.05) is 0 Å². The van der Waals surface area contributed by atoms with Crippen LogP contribution >= 0.6 is 11.3 Å². The summed E-state index contributed by atoms with van der Waals surface area (Å²) in [5.41, 5.74) is 2.38. The number of amides is 2. The molecule has 8 heteroatoms. The number of nitrogens with one attached hydrogen (secondary N) is 2. The molecule has 90 valence electrons. The van der Waals surface area contributed by atoms with E-state index in [-0.39, 0.29) is 6.54 Å². The van der Waals surface area contributed by atoms with Crippen LogP contribution in [0.3, 0.4) is 0 Å². The second-order valence-corrected chi connectivity index (χ2v) is 3.95. The average molecular weight is 253 g/mol. The molecule has 2 N–H and O–H groups in total. The molecule has 0 spiro atoms. The number of halogens is 3. The largest absolute Gasteiger partial charge is 0.405 e. The first-order valence-corrected chi connectivity index (χ1v) is 5.24. The zero-order valence-corrected chi connectivity index (χ0v) is 9.21. The lowest BCUT2D eigenvalue weighted by molar-refractivity contribution is -0.122. The van der Waals surface area contributed by atoms with Gasteiger partial charge in [-0.3, -0.25) is 0 Å². The second kappa shape index (κ2) is 5.15. The van der Waals surface area contributed by atoms with E-state index in [0.29, 0.717) is 0 Å². The maximum Gasteiger partial charge on any atom is 0.405 e. The first-order chi connectivity index (χ1) is 7.38. The summed E-state index contributed by atoms with van der Waals surface area (Å²) in [5, 5.41) is 4.03. The van der Waals surface area contributed by atoms with Gasteiger partial charge < -0.3 is 10.6 Å². The summed E-state index contributed by atoms with van der Waals surface area (Å²) in [5.74, 6) is 0. The van der Waals surface area contributed by atoms with E-state index in [0.717, 1.165) is 10.6 Å². The summed E-state index contributed by atoms with van der Waals surface area (Å²) in [6.07, 6.45) is -4.39. The molecule has 0 aliphatic heterocycles. The Morgan fingerprint density at radius 3 is 2.69 bits per heavy atom. The van der Waals surface area contributed by atoms with Crippen molar-refractivity contribution >= 4 is 17.4 Å². The number of alkyl halides is 3. The van der Waals surface area contributed by atoms with Crippen LogP contribution in [0.5, 0.6) is 0 Å². The molecule has 0 aromatic carbocycles. The van der Waals surface area contributed by atoms with Crippen molar-refractivity contribution in [3.8, 4) is 0 Å². The standard InChI is InChI=1S/C8H10F3N3OS/c1-5-6(16-4-14-5)2-12-7(15)13-3-8(9,10)11/h4H,2-3H2,1H3,(H2,12,13,15). The number of nitrogens with zero attached hydrogens (tertiary/aromatic N) is 1. The fraction of sp³-hybridized carbons (Fsp3) is 0.500. The van der Waals surface area contributed by atoms with Gasteiger partial charge in [-0.05, 0) is 6.92 Å². The average Bonchev–Trinajstić information content (AvgIpc) is 2.57. The Kier molecular flexibility index (Phi) is 4.11. The molecule has 0 bridgehead atoms. The lowest BCUT2D eigenvalue weighted by Crippen LogP contribution is -2.40. The monoisotopic (exact) mass is 253 g/mol. The molecule has 0 aliphatic carbocycles. The highest BCUT2D eigenvalue weighted by Crippen LogP contribution is 2.12. The van der Waals surface area contributed by atoms with E-state index < -0.39 is 18.8 Å². The molecule has 0 atom stereocenters. The predicted molar refractivity (Wildman–Crippen MR) is 53.1 cm³/mol. The van der Waals surface area contributed by atoms with Crippen molar-refractivity contribution in [1.29, 1.82) is 0 Å². The number of carbonyl (C=O) groups excluding carboxylic acids is 1. The van der Waals surface area contributed by atoms with Crippen LogP contribution in [0.4, 0.5) is 18.0 Å². The van der Waals surface area contributed by atoms with Gasteiger partial charge in [0.2, 0.25) is 0 Å². The van der Waals surface area contributed by atoms with Gasteiger partial charge >= 0.3 is 12.2 Å². The number of thiazole rings is 1. The number of hydrogen-bond acceptors (Lipinski definition) is 3. The fourth-order valence-corrected chi connectivity index (χ4v) is 1.62. The van der Waals surface area contributed by atoms with E-state index in [1.807, 2.05) is 0 Å². The highest BCUT2D eigenvalue weighted by molar-refractivity contribution is 7.09. The molecule has 0 radical (unpaired) electrons. The molecule has 0 fully saturated rings. The molecule has 1 heterocycles. The third kappa shape index (κ3) is 4.47. The lowest BCUT2D eigenvalue weighted by Gasteiger charge is -2.09. The number of rotatable bonds is 3. The van der Waals surface area contributed by atoms with Crippen LogP contribution in [0.1, 0.15) is 10.6 Å². The van der Waals surface area contributed by atoms with Crippen LogP contribution in [0.25, 0.3) is 0 Å². The van der Waals surface area contributed by atoms with Gasteiger partial charge in [-0.2, -0.15) is 13.2 Å². The van der Waals surface area contributed by atoms with Crippen LogP contribution in [0.2, 0.25) is 0 Å². The van der Waals surface area contributed by atoms with E-state index in [1.165, 1.54) is 11.3 Å². The van der Waals surface area contributed by atoms with Crippen molar-refractivity contribution in [2.45, 2.75) is 19.6 Å². The van der Waals surface area contributed by atoms with Gasteiger partial charge in [0.25, 0.3) is 0 Å². The van der Waals surface area contributed by atoms with Crippen LogP contribution in [-0.4, -0.2) is 23.7 Å². The Bertz CT molecular complexity index is 364. The lowest BCUT2D eigenvalue weighted by atomic mass is 10.4. The molecule has 1 aromatic heterocycles. The molecule has 0 saturated heterocycles. The van der Waals surface area contributed by atoms with Crippen molar-refractivity contribution in [1.82, 2.24) is 15.6 Å². The molecule has 16 heavy (non-hydrogen) atoms. The number of hydrogen-bond donors (Lipinski definition) is 2. The van der Waals surface area contributed by atoms with Crippen LogP contribution in [0.15, 0.2) is 5.51 Å². The van der Waals surface area contributed by atoms with Gasteiger partial charge in [0.1, 0.15) is 6.54 Å². The van der Waals surface area contributed by atoms with E-state index in [1.54, 1.807) is 17.8 Å². The van der Waals surface area contributed by atoms with E-state index in [4.69, 9.17) is 0 Å². The van der Waals surface area contributed by atoms with E-state index in [9.17, 15) is 18.0 Å². The van der Waals surface area contributed by atoms with Crippen molar-refractivity contribution in [2.24, 2.45) is 0 Å². The van der Waals surface area contributed by atoms with Gasteiger partial charge in [-0.15, -0.1) is 11.3 Å². The first-order valence-electron chi connectivity index (χ1n) is 4.36. The van der Waals surface area contributed by atoms with Crippen LogP contribution in [-0.2, 0) is 6.54 Å². The summed E-state index contributed by atoms with van der Waals surface area (Å²) in [4.78, 5) is 15.7. The Hall–Kier alpha value is -1.31. The minimum atomic E-state index is -4.39. The van der Waals surface area contributed by atoms with Gasteiger partial charge in [0, 0.05) is 4.88 Å². The Morgan fingerprint density at radius 1 is 1.50 bits per heavy atom. The second-order valence-electron chi connectivity index (χ2n) is 3.01. The van der Waals surface area contributed by atoms with Crippen molar-refractivity contribution < 1.29 is 18.0 Å². The third-order valence-corrected chi connectivity index (χ3v) is 2.64. The SMILES string of the molecule is Cc1ncsc1CNC(=O)NCC(F)(F)F. The third-order valence-electron chi connectivity index (χ3n) is 1.70. The number of aromatic nitrogens is 1. The Balaban J connectivity index is 2.29. The summed E-state index contributed by atoms with van der Waals surface area (Å²) in [6, 6.07) is -0.842. The quantitative estimate of drug-likeness (QED) is 0.863. The maximum atomic E-state index is 11.7. The maximum absolute atomic E-state index is 11.7. The number of urea groups is 1. The van der Waals surface area contributed by atoms with Crippen molar-refractivity contribution in [2.75, 3.05) is 6.54 Å². The van der Waals surface area contributed by atoms with Gasteiger partial charge in [-0.25, -0.2) is 9.78 Å². The molecule has 1 rings (SSSR count). The van der Waals surface area contributed by atoms with E-state index >= 15 is 0 Å². The van der Waals surface area contributed by atoms with Crippen LogP contribution in [0, 0.1) is 6.92 Å². The Labute approximate surface area is 93.9 Å². The fourth-order valence-electron chi connectivity index (χ4n) is 0.899. The zero-order chi connectivity index (χ0) is 12.2. The normalized spacial score (nSPS) is 11.2. The molecular weight excluding hydrogens is 243 g/mol. The molecule has 0 aliphatic rings. The van der Waals surface area contributed by atoms with Crippen molar-refractivity contribution in [3.63, 3.8) is 0 Å². The highest BCUT2D eigenvalue weighted by Gasteiger charge is 2.27. The molecule has 0 saturated carbocycles. The smallest absolute Gasteiger partial charge is 0.333 e. The molecule has 0 unspecified atom stereocenters. The summed E-state index contributed by atoms with van der Waals surface area (Å²) in [6.45, 7) is 0.613. The molecular formula is C8H10F3N3OS. The van der Waals surface area contributed by atoms with Gasteiger partial charge in [0.05, 0.1) is 17.7 Å². The van der Waals surface area contributed by atoms with Gasteiger partial charge in [0.15, 0.2) is 0 Å². The zero-order valence-electron chi connectivity index (χ0n) is 8.39.